The number of thiazole rings is 1. The number of Topliss-reactive ketones (excluding diaryl/α,β-unsaturated/α-hetero) is 1. The SMILES string of the molecule is C=CCOc1ccc([C@@H]2C(=C(O)c3ccc(OC)c(C)c3)C(=O)C(=O)N2c2nc3c(C)cc(C)cc3s2)cc1. The van der Waals surface area contributed by atoms with Crippen molar-refractivity contribution in [2.24, 2.45) is 0 Å². The predicted molar refractivity (Wildman–Crippen MR) is 154 cm³/mol. The first kappa shape index (κ1) is 26.2. The molecule has 0 spiro atoms. The largest absolute Gasteiger partial charge is 0.507 e. The molecule has 1 saturated heterocycles. The molecule has 39 heavy (non-hydrogen) atoms. The molecule has 0 aliphatic carbocycles. The molecule has 0 unspecified atom stereocenters. The number of aromatic nitrogens is 1. The van der Waals surface area contributed by atoms with E-state index >= 15 is 0 Å². The number of anilines is 1. The fourth-order valence-electron chi connectivity index (χ4n) is 4.89. The van der Waals surface area contributed by atoms with Crippen molar-refractivity contribution >= 4 is 44.1 Å². The number of ether oxygens (including phenoxy) is 2. The third-order valence-electron chi connectivity index (χ3n) is 6.70. The van der Waals surface area contributed by atoms with E-state index in [1.54, 1.807) is 55.7 Å². The van der Waals surface area contributed by atoms with Gasteiger partial charge >= 0.3 is 5.91 Å². The van der Waals surface area contributed by atoms with Gasteiger partial charge in [-0.1, -0.05) is 42.2 Å². The zero-order valence-corrected chi connectivity index (χ0v) is 23.0. The second-order valence-corrected chi connectivity index (χ2v) is 10.5. The fraction of sp³-hybridized carbons (Fsp3) is 0.194. The molecule has 1 N–H and O–H groups in total. The van der Waals surface area contributed by atoms with Gasteiger partial charge in [0.25, 0.3) is 5.78 Å². The number of fused-ring (bicyclic) bond motifs is 1. The van der Waals surface area contributed by atoms with Crippen molar-refractivity contribution in [2.75, 3.05) is 18.6 Å². The Bertz CT molecular complexity index is 1650. The van der Waals surface area contributed by atoms with Crippen LogP contribution in [0.1, 0.15) is 33.9 Å². The number of carbonyl (C=O) groups is 2. The molecule has 0 radical (unpaired) electrons. The van der Waals surface area contributed by atoms with Gasteiger partial charge in [-0.3, -0.25) is 14.5 Å². The topological polar surface area (TPSA) is 89.0 Å². The second kappa shape index (κ2) is 10.4. The number of ketones is 1. The van der Waals surface area contributed by atoms with Gasteiger partial charge in [-0.05, 0) is 79.4 Å². The van der Waals surface area contributed by atoms with Gasteiger partial charge in [-0.15, -0.1) is 0 Å². The molecule has 2 heterocycles. The van der Waals surface area contributed by atoms with E-state index < -0.39 is 17.7 Å². The third-order valence-corrected chi connectivity index (χ3v) is 7.70. The lowest BCUT2D eigenvalue weighted by molar-refractivity contribution is -0.132. The van der Waals surface area contributed by atoms with E-state index in [1.807, 2.05) is 32.9 Å². The summed E-state index contributed by atoms with van der Waals surface area (Å²) < 4.78 is 11.9. The molecule has 7 nitrogen and oxygen atoms in total. The zero-order chi connectivity index (χ0) is 27.8. The van der Waals surface area contributed by atoms with Crippen LogP contribution in [0.15, 0.2) is 72.8 Å². The predicted octanol–water partition coefficient (Wildman–Crippen LogP) is 6.42. The Balaban J connectivity index is 1.70. The van der Waals surface area contributed by atoms with E-state index in [2.05, 4.69) is 6.58 Å². The smallest absolute Gasteiger partial charge is 0.301 e. The minimum absolute atomic E-state index is 0.00325. The van der Waals surface area contributed by atoms with Crippen LogP contribution >= 0.6 is 11.3 Å². The van der Waals surface area contributed by atoms with Crippen LogP contribution in [0.5, 0.6) is 11.5 Å². The number of hydrogen-bond acceptors (Lipinski definition) is 7. The summed E-state index contributed by atoms with van der Waals surface area (Å²) in [5, 5.41) is 11.9. The summed E-state index contributed by atoms with van der Waals surface area (Å²) in [6.45, 7) is 9.84. The van der Waals surface area contributed by atoms with Crippen molar-refractivity contribution in [1.29, 1.82) is 0 Å². The highest BCUT2D eigenvalue weighted by Gasteiger charge is 2.48. The van der Waals surface area contributed by atoms with E-state index in [0.29, 0.717) is 34.4 Å². The van der Waals surface area contributed by atoms with Crippen LogP contribution < -0.4 is 14.4 Å². The summed E-state index contributed by atoms with van der Waals surface area (Å²) >= 11 is 1.34. The van der Waals surface area contributed by atoms with Crippen molar-refractivity contribution in [1.82, 2.24) is 4.98 Å². The Hall–Kier alpha value is -4.43. The fourth-order valence-corrected chi connectivity index (χ4v) is 6.06. The first-order chi connectivity index (χ1) is 18.7. The van der Waals surface area contributed by atoms with Crippen molar-refractivity contribution in [3.8, 4) is 11.5 Å². The quantitative estimate of drug-likeness (QED) is 0.126. The first-order valence-electron chi connectivity index (χ1n) is 12.4. The van der Waals surface area contributed by atoms with Crippen molar-refractivity contribution < 1.29 is 24.2 Å². The highest BCUT2D eigenvalue weighted by Crippen LogP contribution is 2.45. The van der Waals surface area contributed by atoms with Gasteiger partial charge in [0.1, 0.15) is 23.9 Å². The number of aliphatic hydroxyl groups excluding tert-OH is 1. The maximum Gasteiger partial charge on any atom is 0.301 e. The monoisotopic (exact) mass is 540 g/mol. The van der Waals surface area contributed by atoms with Gasteiger partial charge in [0.15, 0.2) is 5.13 Å². The lowest BCUT2D eigenvalue weighted by atomic mass is 9.95. The van der Waals surface area contributed by atoms with Crippen LogP contribution in [0, 0.1) is 20.8 Å². The first-order valence-corrected chi connectivity index (χ1v) is 13.2. The van der Waals surface area contributed by atoms with Crippen LogP contribution in [0.25, 0.3) is 16.0 Å². The average molecular weight is 541 g/mol. The Morgan fingerprint density at radius 1 is 1.08 bits per heavy atom. The molecule has 3 aromatic carbocycles. The Morgan fingerprint density at radius 3 is 2.49 bits per heavy atom. The number of carbonyl (C=O) groups excluding carboxylic acids is 2. The van der Waals surface area contributed by atoms with Crippen molar-refractivity contribution in [3.63, 3.8) is 0 Å². The molecule has 0 saturated carbocycles. The summed E-state index contributed by atoms with van der Waals surface area (Å²) in [6, 6.07) is 15.4. The number of amides is 1. The summed E-state index contributed by atoms with van der Waals surface area (Å²) in [5.41, 5.74) is 4.68. The van der Waals surface area contributed by atoms with E-state index in [-0.39, 0.29) is 11.3 Å². The normalized spacial score (nSPS) is 16.6. The molecule has 1 atom stereocenters. The van der Waals surface area contributed by atoms with Crippen LogP contribution in [-0.2, 0) is 9.59 Å². The van der Waals surface area contributed by atoms with E-state index in [9.17, 15) is 14.7 Å². The molecule has 1 aliphatic rings. The van der Waals surface area contributed by atoms with Crippen LogP contribution in [-0.4, -0.2) is 35.5 Å². The number of hydrogen-bond donors (Lipinski definition) is 1. The van der Waals surface area contributed by atoms with E-state index in [1.165, 1.54) is 16.2 Å². The Kier molecular flexibility index (Phi) is 6.97. The summed E-state index contributed by atoms with van der Waals surface area (Å²) in [6.07, 6.45) is 1.65. The van der Waals surface area contributed by atoms with Gasteiger partial charge in [-0.2, -0.15) is 0 Å². The molecule has 0 bridgehead atoms. The summed E-state index contributed by atoms with van der Waals surface area (Å²) in [4.78, 5) is 33.3. The minimum Gasteiger partial charge on any atom is -0.507 e. The van der Waals surface area contributed by atoms with Gasteiger partial charge in [0.05, 0.1) is 28.9 Å². The molecule has 1 amide bonds. The van der Waals surface area contributed by atoms with Gasteiger partial charge in [-0.25, -0.2) is 4.98 Å². The molecule has 1 fully saturated rings. The number of nitrogens with zero attached hydrogens (tertiary/aromatic N) is 2. The van der Waals surface area contributed by atoms with Gasteiger partial charge < -0.3 is 14.6 Å². The van der Waals surface area contributed by atoms with E-state index in [4.69, 9.17) is 14.5 Å². The number of aliphatic hydroxyl groups is 1. The van der Waals surface area contributed by atoms with Gasteiger partial charge in [0.2, 0.25) is 0 Å². The lowest BCUT2D eigenvalue weighted by Gasteiger charge is -2.23. The number of benzene rings is 3. The maximum absolute atomic E-state index is 13.6. The minimum atomic E-state index is -0.886. The summed E-state index contributed by atoms with van der Waals surface area (Å²) in [7, 11) is 1.57. The van der Waals surface area contributed by atoms with E-state index in [0.717, 1.165) is 26.9 Å². The molecule has 5 rings (SSSR count). The second-order valence-electron chi connectivity index (χ2n) is 9.45. The summed E-state index contributed by atoms with van der Waals surface area (Å²) in [5.74, 6) is -0.504. The number of aryl methyl sites for hydroxylation is 3. The van der Waals surface area contributed by atoms with Crippen LogP contribution in [0.4, 0.5) is 5.13 Å². The molecule has 198 valence electrons. The molecule has 1 aromatic heterocycles. The standard InChI is InChI=1S/C31H28N2O5S/c1-6-13-38-22-10-7-20(8-11-22)27-25(28(34)21-9-12-23(37-5)18(3)16-21)29(35)30(36)33(27)31-32-26-19(4)14-17(2)15-24(26)39-31/h6-12,14-16,27,34H,1,13H2,2-5H3/t27-/m1/s1. The van der Waals surface area contributed by atoms with Crippen LogP contribution in [0.2, 0.25) is 0 Å². The highest BCUT2D eigenvalue weighted by molar-refractivity contribution is 7.22. The zero-order valence-electron chi connectivity index (χ0n) is 22.1. The molecule has 1 aliphatic heterocycles. The van der Waals surface area contributed by atoms with Crippen molar-refractivity contribution in [2.45, 2.75) is 26.8 Å². The molecule has 8 heteroatoms. The lowest BCUT2D eigenvalue weighted by Crippen LogP contribution is -2.29. The number of rotatable bonds is 7. The Labute approximate surface area is 230 Å². The average Bonchev–Trinajstić information content (AvgIpc) is 3.45. The third kappa shape index (κ3) is 4.68. The molecular formula is C31H28N2O5S. The molecular weight excluding hydrogens is 512 g/mol. The van der Waals surface area contributed by atoms with Crippen LogP contribution in [0.3, 0.4) is 0 Å². The number of methoxy groups -OCH3 is 1. The van der Waals surface area contributed by atoms with Gasteiger partial charge in [0, 0.05) is 5.56 Å². The Morgan fingerprint density at radius 2 is 1.82 bits per heavy atom. The highest BCUT2D eigenvalue weighted by atomic mass is 32.1. The van der Waals surface area contributed by atoms with Crippen molar-refractivity contribution in [3.05, 3.63) is 101 Å². The maximum atomic E-state index is 13.6. The molecule has 4 aromatic rings.